The molecule has 116 valence electrons. The molecule has 1 aromatic carbocycles. The molecule has 0 saturated heterocycles. The van der Waals surface area contributed by atoms with E-state index in [-0.39, 0.29) is 5.91 Å². The van der Waals surface area contributed by atoms with Gasteiger partial charge in [0.2, 0.25) is 0 Å². The SMILES string of the molecule is CCc1nc(N)sc1C(=O)NN=Cc1ccc(C(C)C)cc1. The van der Waals surface area contributed by atoms with Gasteiger partial charge in [-0.2, -0.15) is 5.10 Å². The van der Waals surface area contributed by atoms with Crippen LogP contribution in [-0.2, 0) is 6.42 Å². The van der Waals surface area contributed by atoms with Gasteiger partial charge in [0.15, 0.2) is 5.13 Å². The Hall–Kier alpha value is -2.21. The molecule has 0 bridgehead atoms. The van der Waals surface area contributed by atoms with E-state index in [1.165, 1.54) is 16.9 Å². The lowest BCUT2D eigenvalue weighted by Gasteiger charge is -2.04. The van der Waals surface area contributed by atoms with Crippen LogP contribution in [0.1, 0.15) is 53.2 Å². The van der Waals surface area contributed by atoms with Gasteiger partial charge in [0.25, 0.3) is 5.91 Å². The minimum atomic E-state index is -0.277. The highest BCUT2D eigenvalue weighted by Gasteiger charge is 2.15. The van der Waals surface area contributed by atoms with Gasteiger partial charge >= 0.3 is 0 Å². The van der Waals surface area contributed by atoms with Gasteiger partial charge in [0.05, 0.1) is 11.9 Å². The van der Waals surface area contributed by atoms with Gasteiger partial charge < -0.3 is 5.73 Å². The van der Waals surface area contributed by atoms with Crippen LogP contribution >= 0.6 is 11.3 Å². The Bertz CT molecular complexity index is 674. The molecule has 0 saturated carbocycles. The van der Waals surface area contributed by atoms with Crippen molar-refractivity contribution in [2.75, 3.05) is 5.73 Å². The number of hydrogen-bond acceptors (Lipinski definition) is 5. The number of carbonyl (C=O) groups excluding carboxylic acids is 1. The van der Waals surface area contributed by atoms with Crippen molar-refractivity contribution in [3.8, 4) is 0 Å². The monoisotopic (exact) mass is 316 g/mol. The second-order valence-electron chi connectivity index (χ2n) is 5.20. The van der Waals surface area contributed by atoms with Crippen LogP contribution in [0, 0.1) is 0 Å². The van der Waals surface area contributed by atoms with Gasteiger partial charge in [-0.15, -0.1) is 0 Å². The Morgan fingerprint density at radius 3 is 2.68 bits per heavy atom. The normalized spacial score (nSPS) is 11.3. The zero-order valence-corrected chi connectivity index (χ0v) is 13.8. The molecule has 1 amide bonds. The summed E-state index contributed by atoms with van der Waals surface area (Å²) in [5.41, 5.74) is 11.1. The maximum atomic E-state index is 12.1. The Balaban J connectivity index is 2.01. The first-order valence-electron chi connectivity index (χ1n) is 7.19. The number of amides is 1. The second-order valence-corrected chi connectivity index (χ2v) is 6.23. The molecular weight excluding hydrogens is 296 g/mol. The number of anilines is 1. The third kappa shape index (κ3) is 3.92. The van der Waals surface area contributed by atoms with Gasteiger partial charge in [-0.1, -0.05) is 56.4 Å². The second kappa shape index (κ2) is 7.17. The number of nitrogen functional groups attached to an aromatic ring is 1. The molecule has 0 aliphatic carbocycles. The van der Waals surface area contributed by atoms with Gasteiger partial charge in [0.1, 0.15) is 4.88 Å². The zero-order valence-electron chi connectivity index (χ0n) is 13.0. The molecule has 0 spiro atoms. The largest absolute Gasteiger partial charge is 0.375 e. The number of aromatic nitrogens is 1. The number of nitrogens with one attached hydrogen (secondary N) is 1. The summed E-state index contributed by atoms with van der Waals surface area (Å²) in [5.74, 6) is 0.219. The molecule has 0 atom stereocenters. The topological polar surface area (TPSA) is 80.4 Å². The van der Waals surface area contributed by atoms with Crippen molar-refractivity contribution in [2.45, 2.75) is 33.1 Å². The maximum absolute atomic E-state index is 12.1. The van der Waals surface area contributed by atoms with Gasteiger partial charge in [-0.3, -0.25) is 4.79 Å². The number of hydrogen-bond donors (Lipinski definition) is 2. The van der Waals surface area contributed by atoms with Gasteiger partial charge in [-0.05, 0) is 23.5 Å². The van der Waals surface area contributed by atoms with Crippen molar-refractivity contribution in [3.63, 3.8) is 0 Å². The van der Waals surface area contributed by atoms with E-state index < -0.39 is 0 Å². The van der Waals surface area contributed by atoms with Crippen molar-refractivity contribution >= 4 is 28.6 Å². The number of rotatable bonds is 5. The van der Waals surface area contributed by atoms with E-state index in [0.717, 1.165) is 5.56 Å². The lowest BCUT2D eigenvalue weighted by Crippen LogP contribution is -2.17. The Morgan fingerprint density at radius 2 is 2.09 bits per heavy atom. The van der Waals surface area contributed by atoms with Gasteiger partial charge in [-0.25, -0.2) is 10.4 Å². The Kier molecular flexibility index (Phi) is 5.27. The summed E-state index contributed by atoms with van der Waals surface area (Å²) < 4.78 is 0. The molecule has 2 aromatic rings. The molecule has 1 aromatic heterocycles. The van der Waals surface area contributed by atoms with Crippen LogP contribution in [0.3, 0.4) is 0 Å². The minimum absolute atomic E-state index is 0.277. The standard InChI is InChI=1S/C16H20N4OS/c1-4-13-14(22-16(17)19-13)15(21)20-18-9-11-5-7-12(8-6-11)10(2)3/h5-10H,4H2,1-3H3,(H2,17,19)(H,20,21). The molecule has 5 nitrogen and oxygen atoms in total. The summed E-state index contributed by atoms with van der Waals surface area (Å²) in [6.07, 6.45) is 2.29. The summed E-state index contributed by atoms with van der Waals surface area (Å²) in [6.45, 7) is 6.23. The van der Waals surface area contributed by atoms with Crippen LogP contribution in [0.15, 0.2) is 29.4 Å². The Labute approximate surface area is 134 Å². The fourth-order valence-corrected chi connectivity index (χ4v) is 2.78. The fourth-order valence-electron chi connectivity index (χ4n) is 1.97. The lowest BCUT2D eigenvalue weighted by atomic mass is 10.0. The molecule has 0 fully saturated rings. The quantitative estimate of drug-likeness (QED) is 0.656. The lowest BCUT2D eigenvalue weighted by molar-refractivity contribution is 0.0958. The molecule has 1 heterocycles. The number of carbonyl (C=O) groups is 1. The third-order valence-corrected chi connectivity index (χ3v) is 4.16. The number of nitrogens with zero attached hydrogens (tertiary/aromatic N) is 2. The highest BCUT2D eigenvalue weighted by molar-refractivity contribution is 7.17. The average molecular weight is 316 g/mol. The molecule has 2 rings (SSSR count). The van der Waals surface area contributed by atoms with Crippen LogP contribution in [0.25, 0.3) is 0 Å². The summed E-state index contributed by atoms with van der Waals surface area (Å²) in [7, 11) is 0. The molecule has 0 unspecified atom stereocenters. The number of hydrazone groups is 1. The average Bonchev–Trinajstić information content (AvgIpc) is 2.89. The van der Waals surface area contributed by atoms with Crippen LogP contribution < -0.4 is 11.2 Å². The summed E-state index contributed by atoms with van der Waals surface area (Å²) >= 11 is 1.18. The summed E-state index contributed by atoms with van der Waals surface area (Å²) in [4.78, 5) is 16.7. The van der Waals surface area contributed by atoms with E-state index in [2.05, 4.69) is 41.5 Å². The highest BCUT2D eigenvalue weighted by atomic mass is 32.1. The van der Waals surface area contributed by atoms with Crippen molar-refractivity contribution in [2.24, 2.45) is 5.10 Å². The first-order chi connectivity index (χ1) is 10.5. The molecule has 0 aliphatic rings. The molecule has 0 radical (unpaired) electrons. The predicted octanol–water partition coefficient (Wildman–Crippen LogP) is 3.18. The van der Waals surface area contributed by atoms with Crippen molar-refractivity contribution in [1.82, 2.24) is 10.4 Å². The van der Waals surface area contributed by atoms with Crippen LogP contribution in [0.5, 0.6) is 0 Å². The van der Waals surface area contributed by atoms with E-state index in [1.807, 2.05) is 19.1 Å². The smallest absolute Gasteiger partial charge is 0.283 e. The van der Waals surface area contributed by atoms with Crippen molar-refractivity contribution in [3.05, 3.63) is 46.0 Å². The number of thiazole rings is 1. The third-order valence-electron chi connectivity index (χ3n) is 3.24. The van der Waals surface area contributed by atoms with Crippen LogP contribution in [0.2, 0.25) is 0 Å². The van der Waals surface area contributed by atoms with E-state index in [9.17, 15) is 4.79 Å². The highest BCUT2D eigenvalue weighted by Crippen LogP contribution is 2.20. The number of benzene rings is 1. The van der Waals surface area contributed by atoms with Crippen LogP contribution in [0.4, 0.5) is 5.13 Å². The summed E-state index contributed by atoms with van der Waals surface area (Å²) in [5, 5.41) is 4.39. The number of aryl methyl sites for hydroxylation is 1. The molecule has 22 heavy (non-hydrogen) atoms. The predicted molar refractivity (Wildman–Crippen MR) is 91.5 cm³/mol. The van der Waals surface area contributed by atoms with Crippen molar-refractivity contribution in [1.29, 1.82) is 0 Å². The van der Waals surface area contributed by atoms with E-state index in [4.69, 9.17) is 5.73 Å². The molecule has 0 aliphatic heterocycles. The summed E-state index contributed by atoms with van der Waals surface area (Å²) in [6, 6.07) is 8.08. The molecular formula is C16H20N4OS. The fraction of sp³-hybridized carbons (Fsp3) is 0.312. The number of nitrogens with two attached hydrogens (primary N) is 1. The maximum Gasteiger partial charge on any atom is 0.283 e. The first-order valence-corrected chi connectivity index (χ1v) is 8.01. The minimum Gasteiger partial charge on any atom is -0.375 e. The molecule has 3 N–H and O–H groups in total. The Morgan fingerprint density at radius 1 is 1.41 bits per heavy atom. The first kappa shape index (κ1) is 16.2. The van der Waals surface area contributed by atoms with E-state index in [1.54, 1.807) is 6.21 Å². The van der Waals surface area contributed by atoms with Gasteiger partial charge in [0, 0.05) is 0 Å². The van der Waals surface area contributed by atoms with E-state index >= 15 is 0 Å². The van der Waals surface area contributed by atoms with E-state index in [0.29, 0.717) is 28.0 Å². The van der Waals surface area contributed by atoms with Crippen molar-refractivity contribution < 1.29 is 4.79 Å². The zero-order chi connectivity index (χ0) is 16.1. The van der Waals surface area contributed by atoms with Crippen LogP contribution in [-0.4, -0.2) is 17.1 Å². The molecule has 6 heteroatoms.